The molecule has 0 saturated heterocycles. The molecule has 0 spiro atoms. The average molecular weight is 194 g/mol. The molecule has 0 aliphatic carbocycles. The van der Waals surface area contributed by atoms with Crippen molar-refractivity contribution in [3.05, 3.63) is 24.3 Å². The van der Waals surface area contributed by atoms with Gasteiger partial charge in [-0.05, 0) is 13.8 Å². The molecule has 0 amide bonds. The van der Waals surface area contributed by atoms with Crippen LogP contribution in [0.1, 0.15) is 13.8 Å². The van der Waals surface area contributed by atoms with E-state index in [0.29, 0.717) is 26.4 Å². The van der Waals surface area contributed by atoms with E-state index < -0.39 is 0 Å². The molecule has 0 aromatic carbocycles. The van der Waals surface area contributed by atoms with Gasteiger partial charge in [0.05, 0.1) is 13.2 Å². The van der Waals surface area contributed by atoms with E-state index in [2.05, 4.69) is 18.4 Å². The Morgan fingerprint density at radius 2 is 1.71 bits per heavy atom. The maximum Gasteiger partial charge on any atom is 0.108 e. The zero-order valence-corrected chi connectivity index (χ0v) is 9.01. The van der Waals surface area contributed by atoms with Crippen molar-refractivity contribution < 1.29 is 9.47 Å². The Morgan fingerprint density at radius 1 is 1.14 bits per heavy atom. The van der Waals surface area contributed by atoms with E-state index in [1.165, 1.54) is 5.57 Å². The average Bonchev–Trinajstić information content (AvgIpc) is 2.15. The van der Waals surface area contributed by atoms with Gasteiger partial charge >= 0.3 is 0 Å². The first-order valence-electron chi connectivity index (χ1n) is 4.63. The predicted molar refractivity (Wildman–Crippen MR) is 59.0 cm³/mol. The number of hydrogen-bond donors (Lipinski definition) is 0. The number of rotatable bonds is 6. The standard InChI is InChI=1S/C12H18O2/c1-4-8-13-9-5-6-10-14-11-7-12(2)3/h4,7H,1,8-11H2,2-3H3. The molecular formula is C12H18O2. The van der Waals surface area contributed by atoms with Gasteiger partial charge in [0.25, 0.3) is 0 Å². The molecule has 2 heteroatoms. The van der Waals surface area contributed by atoms with Crippen molar-refractivity contribution in [2.75, 3.05) is 26.4 Å². The smallest absolute Gasteiger partial charge is 0.108 e. The quantitative estimate of drug-likeness (QED) is 0.366. The lowest BCUT2D eigenvalue weighted by Gasteiger charge is -1.94. The second-order valence-electron chi connectivity index (χ2n) is 2.95. The molecule has 0 saturated carbocycles. The van der Waals surface area contributed by atoms with Gasteiger partial charge in [-0.2, -0.15) is 0 Å². The number of hydrogen-bond acceptors (Lipinski definition) is 2. The normalized spacial score (nSPS) is 8.71. The van der Waals surface area contributed by atoms with Crippen LogP contribution in [-0.2, 0) is 9.47 Å². The van der Waals surface area contributed by atoms with Crippen molar-refractivity contribution in [1.29, 1.82) is 0 Å². The van der Waals surface area contributed by atoms with E-state index >= 15 is 0 Å². The van der Waals surface area contributed by atoms with E-state index in [9.17, 15) is 0 Å². The van der Waals surface area contributed by atoms with Crippen LogP contribution < -0.4 is 0 Å². The minimum absolute atomic E-state index is 0.442. The van der Waals surface area contributed by atoms with Gasteiger partial charge in [-0.15, -0.1) is 6.58 Å². The van der Waals surface area contributed by atoms with Crippen LogP contribution in [0.5, 0.6) is 0 Å². The van der Waals surface area contributed by atoms with Crippen LogP contribution >= 0.6 is 0 Å². The van der Waals surface area contributed by atoms with Gasteiger partial charge < -0.3 is 9.47 Å². The molecule has 0 aliphatic rings. The van der Waals surface area contributed by atoms with E-state index in [1.807, 2.05) is 19.9 Å². The van der Waals surface area contributed by atoms with Crippen LogP contribution in [0.3, 0.4) is 0 Å². The van der Waals surface area contributed by atoms with Gasteiger partial charge in [-0.3, -0.25) is 0 Å². The zero-order valence-electron chi connectivity index (χ0n) is 9.01. The maximum absolute atomic E-state index is 5.23. The molecule has 0 aromatic heterocycles. The summed E-state index contributed by atoms with van der Waals surface area (Å²) in [5, 5.41) is 0. The third kappa shape index (κ3) is 11.0. The van der Waals surface area contributed by atoms with E-state index in [-0.39, 0.29) is 0 Å². The van der Waals surface area contributed by atoms with Crippen LogP contribution in [0.25, 0.3) is 0 Å². The monoisotopic (exact) mass is 194 g/mol. The van der Waals surface area contributed by atoms with Crippen molar-refractivity contribution in [2.24, 2.45) is 0 Å². The highest BCUT2D eigenvalue weighted by molar-refractivity contribution is 5.00. The highest BCUT2D eigenvalue weighted by atomic mass is 16.5. The van der Waals surface area contributed by atoms with Crippen LogP contribution in [-0.4, -0.2) is 26.4 Å². The Bertz CT molecular complexity index is 226. The molecule has 0 heterocycles. The summed E-state index contributed by atoms with van der Waals surface area (Å²) in [7, 11) is 0. The number of allylic oxidation sites excluding steroid dienone is 1. The molecule has 0 radical (unpaired) electrons. The second-order valence-corrected chi connectivity index (χ2v) is 2.95. The van der Waals surface area contributed by atoms with Gasteiger partial charge in [0.1, 0.15) is 13.2 Å². The number of ether oxygens (including phenoxy) is 2. The lowest BCUT2D eigenvalue weighted by molar-refractivity contribution is 0.193. The first-order chi connectivity index (χ1) is 6.77. The summed E-state index contributed by atoms with van der Waals surface area (Å²) in [5.41, 5.74) is 1.26. The maximum atomic E-state index is 5.23. The Labute approximate surface area is 86.6 Å². The highest BCUT2D eigenvalue weighted by Gasteiger charge is 1.80. The molecule has 78 valence electrons. The molecule has 2 nitrogen and oxygen atoms in total. The van der Waals surface area contributed by atoms with Crippen LogP contribution in [0, 0.1) is 11.8 Å². The summed E-state index contributed by atoms with van der Waals surface area (Å²) >= 11 is 0. The topological polar surface area (TPSA) is 18.5 Å². The summed E-state index contributed by atoms with van der Waals surface area (Å²) in [6.07, 6.45) is 3.73. The fourth-order valence-electron chi connectivity index (χ4n) is 0.631. The third-order valence-corrected chi connectivity index (χ3v) is 1.32. The molecule has 0 unspecified atom stereocenters. The van der Waals surface area contributed by atoms with Crippen molar-refractivity contribution in [2.45, 2.75) is 13.8 Å². The summed E-state index contributed by atoms with van der Waals surface area (Å²) < 4.78 is 10.3. The van der Waals surface area contributed by atoms with Gasteiger partial charge in [-0.25, -0.2) is 0 Å². The Morgan fingerprint density at radius 3 is 2.21 bits per heavy atom. The minimum atomic E-state index is 0.442. The third-order valence-electron chi connectivity index (χ3n) is 1.32. The van der Waals surface area contributed by atoms with Crippen molar-refractivity contribution in [3.8, 4) is 11.8 Å². The van der Waals surface area contributed by atoms with Crippen molar-refractivity contribution >= 4 is 0 Å². The SMILES string of the molecule is C=CCOCC#CCOCC=C(C)C. The van der Waals surface area contributed by atoms with Crippen LogP contribution in [0.2, 0.25) is 0 Å². The molecule has 0 N–H and O–H groups in total. The molecule has 0 fully saturated rings. The van der Waals surface area contributed by atoms with E-state index in [1.54, 1.807) is 6.08 Å². The van der Waals surface area contributed by atoms with Crippen LogP contribution in [0.15, 0.2) is 24.3 Å². The first kappa shape index (κ1) is 13.0. The summed E-state index contributed by atoms with van der Waals surface area (Å²) in [6.45, 7) is 9.69. The summed E-state index contributed by atoms with van der Waals surface area (Å²) in [5.74, 6) is 5.70. The first-order valence-corrected chi connectivity index (χ1v) is 4.63. The molecule has 0 aliphatic heterocycles. The molecular weight excluding hydrogens is 176 g/mol. The minimum Gasteiger partial charge on any atom is -0.365 e. The summed E-state index contributed by atoms with van der Waals surface area (Å²) in [4.78, 5) is 0. The van der Waals surface area contributed by atoms with Gasteiger partial charge in [-0.1, -0.05) is 29.6 Å². The molecule has 0 bridgehead atoms. The molecule has 0 rings (SSSR count). The fourth-order valence-corrected chi connectivity index (χ4v) is 0.631. The highest BCUT2D eigenvalue weighted by Crippen LogP contribution is 1.87. The van der Waals surface area contributed by atoms with Crippen molar-refractivity contribution in [1.82, 2.24) is 0 Å². The van der Waals surface area contributed by atoms with Gasteiger partial charge in [0.15, 0.2) is 0 Å². The lowest BCUT2D eigenvalue weighted by Crippen LogP contribution is -1.94. The van der Waals surface area contributed by atoms with Crippen molar-refractivity contribution in [3.63, 3.8) is 0 Å². The predicted octanol–water partition coefficient (Wildman–Crippen LogP) is 2.18. The fraction of sp³-hybridized carbons (Fsp3) is 0.500. The van der Waals surface area contributed by atoms with E-state index in [4.69, 9.17) is 9.47 Å². The molecule has 0 aromatic rings. The molecule has 0 atom stereocenters. The molecule has 14 heavy (non-hydrogen) atoms. The Kier molecular flexibility index (Phi) is 9.30. The Balaban J connectivity index is 3.26. The Hall–Kier alpha value is -1.04. The zero-order chi connectivity index (χ0) is 10.6. The second kappa shape index (κ2) is 10.0. The largest absolute Gasteiger partial charge is 0.365 e. The van der Waals surface area contributed by atoms with Gasteiger partial charge in [0, 0.05) is 0 Å². The van der Waals surface area contributed by atoms with E-state index in [0.717, 1.165) is 0 Å². The lowest BCUT2D eigenvalue weighted by atomic mass is 10.3. The van der Waals surface area contributed by atoms with Gasteiger partial charge in [0.2, 0.25) is 0 Å². The van der Waals surface area contributed by atoms with Crippen LogP contribution in [0.4, 0.5) is 0 Å². The summed E-state index contributed by atoms with van der Waals surface area (Å²) in [6, 6.07) is 0.